The highest BCUT2D eigenvalue weighted by atomic mass is 16.3. The maximum Gasteiger partial charge on any atom is 0.237 e. The second kappa shape index (κ2) is 10.5. The predicted octanol–water partition coefficient (Wildman–Crippen LogP) is -0.0321. The van der Waals surface area contributed by atoms with Gasteiger partial charge in [0.2, 0.25) is 5.91 Å². The number of carbonyl (C=O) groups is 1. The van der Waals surface area contributed by atoms with Gasteiger partial charge in [-0.3, -0.25) is 9.69 Å². The number of rotatable bonds is 10. The van der Waals surface area contributed by atoms with Gasteiger partial charge in [0.05, 0.1) is 19.3 Å². The number of unbranched alkanes of at least 4 members (excludes halogenated alkanes) is 2. The number of hydrogen-bond acceptors (Lipinski definition) is 4. The molecule has 0 aromatic rings. The lowest BCUT2D eigenvalue weighted by Gasteiger charge is -2.26. The van der Waals surface area contributed by atoms with Gasteiger partial charge >= 0.3 is 0 Å². The summed E-state index contributed by atoms with van der Waals surface area (Å²) in [6, 6.07) is -0.309. The molecule has 0 fully saturated rings. The van der Waals surface area contributed by atoms with Crippen LogP contribution in [0.2, 0.25) is 0 Å². The van der Waals surface area contributed by atoms with E-state index < -0.39 is 0 Å². The fourth-order valence-corrected chi connectivity index (χ4v) is 1.66. The molecule has 1 amide bonds. The van der Waals surface area contributed by atoms with Gasteiger partial charge in [-0.05, 0) is 13.3 Å². The van der Waals surface area contributed by atoms with Crippen molar-refractivity contribution >= 4 is 5.91 Å². The highest BCUT2D eigenvalue weighted by Crippen LogP contribution is 1.99. The number of aliphatic hydroxyl groups is 2. The van der Waals surface area contributed by atoms with Crippen molar-refractivity contribution in [2.45, 2.75) is 39.2 Å². The van der Waals surface area contributed by atoms with Crippen molar-refractivity contribution in [3.63, 3.8) is 0 Å². The summed E-state index contributed by atoms with van der Waals surface area (Å²) < 4.78 is 0. The van der Waals surface area contributed by atoms with Crippen molar-refractivity contribution < 1.29 is 15.0 Å². The Balaban J connectivity index is 3.97. The van der Waals surface area contributed by atoms with Gasteiger partial charge in [-0.2, -0.15) is 0 Å². The largest absolute Gasteiger partial charge is 0.395 e. The quantitative estimate of drug-likeness (QED) is 0.473. The lowest BCUT2D eigenvalue weighted by atomic mass is 10.2. The van der Waals surface area contributed by atoms with Gasteiger partial charge in [0.15, 0.2) is 0 Å². The van der Waals surface area contributed by atoms with Crippen LogP contribution in [0.3, 0.4) is 0 Å². The SMILES string of the molecule is CCCCCNC(=O)C(C)N(CCO)CCO. The molecule has 3 N–H and O–H groups in total. The van der Waals surface area contributed by atoms with Crippen molar-refractivity contribution in [3.05, 3.63) is 0 Å². The highest BCUT2D eigenvalue weighted by Gasteiger charge is 2.19. The average molecular weight is 246 g/mol. The van der Waals surface area contributed by atoms with E-state index in [1.807, 2.05) is 0 Å². The molecule has 0 aliphatic heterocycles. The number of aliphatic hydroxyl groups excluding tert-OH is 2. The molecule has 5 heteroatoms. The van der Waals surface area contributed by atoms with Crippen molar-refractivity contribution in [1.82, 2.24) is 10.2 Å². The van der Waals surface area contributed by atoms with Crippen LogP contribution < -0.4 is 5.32 Å². The van der Waals surface area contributed by atoms with Crippen LogP contribution in [-0.2, 0) is 4.79 Å². The number of nitrogens with one attached hydrogen (secondary N) is 1. The molecule has 1 atom stereocenters. The van der Waals surface area contributed by atoms with Crippen molar-refractivity contribution in [1.29, 1.82) is 0 Å². The predicted molar refractivity (Wildman–Crippen MR) is 67.7 cm³/mol. The normalized spacial score (nSPS) is 12.8. The fourth-order valence-electron chi connectivity index (χ4n) is 1.66. The first-order valence-electron chi connectivity index (χ1n) is 6.40. The molecule has 0 saturated carbocycles. The smallest absolute Gasteiger partial charge is 0.237 e. The Bertz CT molecular complexity index is 194. The molecule has 0 saturated heterocycles. The van der Waals surface area contributed by atoms with E-state index in [0.29, 0.717) is 19.6 Å². The zero-order chi connectivity index (χ0) is 13.1. The summed E-state index contributed by atoms with van der Waals surface area (Å²) in [7, 11) is 0. The lowest BCUT2D eigenvalue weighted by molar-refractivity contribution is -0.126. The van der Waals surface area contributed by atoms with Crippen LogP contribution in [0, 0.1) is 0 Å². The van der Waals surface area contributed by atoms with Crippen LogP contribution in [0.15, 0.2) is 0 Å². The molecule has 0 rings (SSSR count). The van der Waals surface area contributed by atoms with Crippen molar-refractivity contribution in [3.8, 4) is 0 Å². The average Bonchev–Trinajstić information content (AvgIpc) is 2.33. The summed E-state index contributed by atoms with van der Waals surface area (Å²) in [6.45, 7) is 5.41. The second-order valence-electron chi connectivity index (χ2n) is 4.16. The van der Waals surface area contributed by atoms with Crippen LogP contribution in [-0.4, -0.2) is 59.9 Å². The number of amides is 1. The van der Waals surface area contributed by atoms with Gasteiger partial charge in [0, 0.05) is 19.6 Å². The van der Waals surface area contributed by atoms with E-state index in [0.717, 1.165) is 19.3 Å². The minimum absolute atomic E-state index is 0.00649. The van der Waals surface area contributed by atoms with E-state index in [4.69, 9.17) is 10.2 Å². The minimum atomic E-state index is -0.309. The van der Waals surface area contributed by atoms with E-state index in [9.17, 15) is 4.79 Å². The molecule has 1 unspecified atom stereocenters. The number of carbonyl (C=O) groups excluding carboxylic acids is 1. The Morgan fingerprint density at radius 1 is 1.24 bits per heavy atom. The lowest BCUT2D eigenvalue weighted by Crippen LogP contribution is -2.47. The van der Waals surface area contributed by atoms with Crippen LogP contribution in [0.5, 0.6) is 0 Å². The molecule has 0 radical (unpaired) electrons. The Labute approximate surface area is 104 Å². The van der Waals surface area contributed by atoms with E-state index in [2.05, 4.69) is 12.2 Å². The van der Waals surface area contributed by atoms with Crippen LogP contribution in [0.25, 0.3) is 0 Å². The molecule has 0 aromatic heterocycles. The van der Waals surface area contributed by atoms with E-state index in [-0.39, 0.29) is 25.2 Å². The molecular formula is C12H26N2O3. The third-order valence-electron chi connectivity index (χ3n) is 2.78. The summed E-state index contributed by atoms with van der Waals surface area (Å²) >= 11 is 0. The Morgan fingerprint density at radius 2 is 1.82 bits per heavy atom. The number of hydrogen-bond donors (Lipinski definition) is 3. The van der Waals surface area contributed by atoms with Gasteiger partial charge < -0.3 is 15.5 Å². The first-order valence-corrected chi connectivity index (χ1v) is 6.40. The maximum absolute atomic E-state index is 11.8. The zero-order valence-electron chi connectivity index (χ0n) is 11.0. The fraction of sp³-hybridized carbons (Fsp3) is 0.917. The van der Waals surface area contributed by atoms with E-state index in [1.54, 1.807) is 11.8 Å². The maximum atomic E-state index is 11.8. The molecule has 0 spiro atoms. The van der Waals surface area contributed by atoms with Crippen molar-refractivity contribution in [2.75, 3.05) is 32.8 Å². The Kier molecular flexibility index (Phi) is 10.1. The first kappa shape index (κ1) is 16.4. The van der Waals surface area contributed by atoms with Crippen LogP contribution in [0.1, 0.15) is 33.1 Å². The van der Waals surface area contributed by atoms with Crippen LogP contribution in [0.4, 0.5) is 0 Å². The molecule has 0 aromatic carbocycles. The van der Waals surface area contributed by atoms with Gasteiger partial charge in [-0.1, -0.05) is 19.8 Å². The molecular weight excluding hydrogens is 220 g/mol. The molecule has 17 heavy (non-hydrogen) atoms. The third kappa shape index (κ3) is 7.31. The van der Waals surface area contributed by atoms with E-state index in [1.165, 1.54) is 0 Å². The Morgan fingerprint density at radius 3 is 2.29 bits per heavy atom. The number of nitrogens with zero attached hydrogens (tertiary/aromatic N) is 1. The third-order valence-corrected chi connectivity index (χ3v) is 2.78. The van der Waals surface area contributed by atoms with Crippen LogP contribution >= 0.6 is 0 Å². The molecule has 0 aliphatic rings. The molecule has 102 valence electrons. The first-order chi connectivity index (χ1) is 8.17. The summed E-state index contributed by atoms with van der Waals surface area (Å²) in [6.07, 6.45) is 3.24. The Hall–Kier alpha value is -0.650. The molecule has 0 bridgehead atoms. The molecule has 5 nitrogen and oxygen atoms in total. The van der Waals surface area contributed by atoms with Crippen molar-refractivity contribution in [2.24, 2.45) is 0 Å². The van der Waals surface area contributed by atoms with Gasteiger partial charge in [0.1, 0.15) is 0 Å². The molecule has 0 aliphatic carbocycles. The second-order valence-corrected chi connectivity index (χ2v) is 4.16. The van der Waals surface area contributed by atoms with Gasteiger partial charge in [-0.25, -0.2) is 0 Å². The molecule has 0 heterocycles. The topological polar surface area (TPSA) is 72.8 Å². The minimum Gasteiger partial charge on any atom is -0.395 e. The monoisotopic (exact) mass is 246 g/mol. The summed E-state index contributed by atoms with van der Waals surface area (Å²) in [5.74, 6) is -0.0389. The van der Waals surface area contributed by atoms with Gasteiger partial charge in [0.25, 0.3) is 0 Å². The van der Waals surface area contributed by atoms with Gasteiger partial charge in [-0.15, -0.1) is 0 Å². The standard InChI is InChI=1S/C12H26N2O3/c1-3-4-5-6-13-12(17)11(2)14(7-9-15)8-10-16/h11,15-16H,3-10H2,1-2H3,(H,13,17). The van der Waals surface area contributed by atoms with E-state index >= 15 is 0 Å². The highest BCUT2D eigenvalue weighted by molar-refractivity contribution is 5.81. The summed E-state index contributed by atoms with van der Waals surface area (Å²) in [5, 5.41) is 20.6. The summed E-state index contributed by atoms with van der Waals surface area (Å²) in [4.78, 5) is 13.6. The zero-order valence-corrected chi connectivity index (χ0v) is 11.0. The summed E-state index contributed by atoms with van der Waals surface area (Å²) in [5.41, 5.74) is 0.